The van der Waals surface area contributed by atoms with Gasteiger partial charge in [-0.1, -0.05) is 0 Å². The molecule has 2 N–H and O–H groups in total. The van der Waals surface area contributed by atoms with E-state index in [4.69, 9.17) is 9.72 Å². The van der Waals surface area contributed by atoms with E-state index in [1.807, 2.05) is 31.1 Å². The van der Waals surface area contributed by atoms with Crippen LogP contribution in [-0.4, -0.2) is 71.0 Å². The molecule has 1 atom stereocenters. The summed E-state index contributed by atoms with van der Waals surface area (Å²) in [7, 11) is 4.00. The van der Waals surface area contributed by atoms with Crippen LogP contribution in [0.25, 0.3) is 0 Å². The normalized spacial score (nSPS) is 28.9. The van der Waals surface area contributed by atoms with E-state index >= 15 is 0 Å². The van der Waals surface area contributed by atoms with Crippen LogP contribution in [0.15, 0.2) is 24.5 Å². The lowest BCUT2D eigenvalue weighted by Gasteiger charge is -2.67. The summed E-state index contributed by atoms with van der Waals surface area (Å²) in [5.41, 5.74) is -0.364. The molecule has 2 bridgehead atoms. The van der Waals surface area contributed by atoms with Crippen molar-refractivity contribution in [1.29, 1.82) is 0 Å². The predicted molar refractivity (Wildman–Crippen MR) is 125 cm³/mol. The number of nitrogens with zero attached hydrogens (tertiary/aromatic N) is 5. The van der Waals surface area contributed by atoms with Gasteiger partial charge in [0.2, 0.25) is 17.8 Å². The van der Waals surface area contributed by atoms with Crippen LogP contribution in [0.5, 0.6) is 5.75 Å². The topological polar surface area (TPSA) is 113 Å². The second-order valence-corrected chi connectivity index (χ2v) is 10.3. The van der Waals surface area contributed by atoms with E-state index in [2.05, 4.69) is 25.5 Å². The summed E-state index contributed by atoms with van der Waals surface area (Å²) in [4.78, 5) is 44.1. The fraction of sp³-hybridized carbons (Fsp3) is 0.542. The van der Waals surface area contributed by atoms with E-state index in [-0.39, 0.29) is 17.4 Å². The zero-order chi connectivity index (χ0) is 23.5. The van der Waals surface area contributed by atoms with Crippen LogP contribution in [0.4, 0.5) is 17.6 Å². The highest BCUT2D eigenvalue weighted by Gasteiger charge is 2.67. The Bertz CT molecular complexity index is 1130. The summed E-state index contributed by atoms with van der Waals surface area (Å²) >= 11 is 0. The molecule has 5 aliphatic rings. The quantitative estimate of drug-likeness (QED) is 0.594. The highest BCUT2D eigenvalue weighted by Crippen LogP contribution is 2.63. The van der Waals surface area contributed by atoms with Gasteiger partial charge in [0.05, 0.1) is 11.7 Å². The van der Waals surface area contributed by atoms with Gasteiger partial charge in [-0.2, -0.15) is 4.98 Å². The van der Waals surface area contributed by atoms with Gasteiger partial charge in [0.1, 0.15) is 29.4 Å². The number of fused-ring (bicyclic) bond motifs is 1. The molecule has 0 radical (unpaired) electrons. The maximum Gasteiger partial charge on any atom is 0.244 e. The SMILES string of the molecule is CN(C)CCOc1ccc(Nc2ncc3c(n2)N(C24CC(C2)C4)C(=O)[C@]2(CCNC2=O)C3)nc1. The Labute approximate surface area is 198 Å². The molecule has 0 aromatic carbocycles. The van der Waals surface area contributed by atoms with Crippen molar-refractivity contribution >= 4 is 29.4 Å². The molecule has 34 heavy (non-hydrogen) atoms. The number of carbonyl (C=O) groups is 2. The first-order valence-corrected chi connectivity index (χ1v) is 11.9. The van der Waals surface area contributed by atoms with E-state index in [9.17, 15) is 9.59 Å². The fourth-order valence-corrected chi connectivity index (χ4v) is 5.68. The Balaban J connectivity index is 1.25. The molecule has 7 rings (SSSR count). The van der Waals surface area contributed by atoms with Gasteiger partial charge < -0.3 is 20.3 Å². The molecular weight excluding hydrogens is 434 g/mol. The number of rotatable bonds is 7. The van der Waals surface area contributed by atoms with E-state index < -0.39 is 5.41 Å². The van der Waals surface area contributed by atoms with Crippen molar-refractivity contribution in [1.82, 2.24) is 25.2 Å². The van der Waals surface area contributed by atoms with E-state index in [0.717, 1.165) is 31.4 Å². The first-order valence-electron chi connectivity index (χ1n) is 11.9. The third-order valence-corrected chi connectivity index (χ3v) is 7.69. The van der Waals surface area contributed by atoms with Gasteiger partial charge in [-0.25, -0.2) is 9.97 Å². The monoisotopic (exact) mass is 463 g/mol. The predicted octanol–water partition coefficient (Wildman–Crippen LogP) is 1.50. The van der Waals surface area contributed by atoms with Crippen molar-refractivity contribution in [3.63, 3.8) is 0 Å². The average molecular weight is 464 g/mol. The number of carbonyl (C=O) groups excluding carboxylic acids is 2. The minimum Gasteiger partial charge on any atom is -0.491 e. The summed E-state index contributed by atoms with van der Waals surface area (Å²) in [5, 5.41) is 6.02. The summed E-state index contributed by atoms with van der Waals surface area (Å²) in [6.45, 7) is 1.94. The number of amides is 2. The van der Waals surface area contributed by atoms with Crippen LogP contribution >= 0.6 is 0 Å². The van der Waals surface area contributed by atoms with Crippen molar-refractivity contribution in [2.24, 2.45) is 11.3 Å². The standard InChI is InChI=1S/C24H29N7O3/c1-30(2)7-8-34-17-3-4-18(26-14-17)28-22-27-13-16-12-24(5-6-25-20(24)32)21(33)31(19(16)29-22)23-9-15(10-23)11-23/h3-4,13-15H,5-12H2,1-2H3,(H,25,32)(H,26,27,28,29)/t15?,23?,24-/m1/s1. The molecule has 1 spiro atoms. The van der Waals surface area contributed by atoms with Gasteiger partial charge in [-0.05, 0) is 57.8 Å². The molecule has 178 valence electrons. The van der Waals surface area contributed by atoms with Crippen molar-refractivity contribution in [2.45, 2.75) is 37.6 Å². The molecule has 2 amide bonds. The minimum absolute atomic E-state index is 0.102. The highest BCUT2D eigenvalue weighted by atomic mass is 16.5. The number of hydrogen-bond acceptors (Lipinski definition) is 8. The fourth-order valence-electron chi connectivity index (χ4n) is 5.68. The molecule has 3 aliphatic carbocycles. The Hall–Kier alpha value is -3.27. The van der Waals surface area contributed by atoms with E-state index in [1.165, 1.54) is 0 Å². The summed E-state index contributed by atoms with van der Waals surface area (Å²) in [6.07, 6.45) is 7.24. The Morgan fingerprint density at radius 3 is 2.65 bits per heavy atom. The number of pyridine rings is 1. The van der Waals surface area contributed by atoms with Crippen LogP contribution < -0.4 is 20.3 Å². The molecule has 1 saturated heterocycles. The average Bonchev–Trinajstić information content (AvgIpc) is 3.11. The molecule has 2 aromatic heterocycles. The molecule has 10 nitrogen and oxygen atoms in total. The molecule has 2 aromatic rings. The number of hydrogen-bond donors (Lipinski definition) is 2. The van der Waals surface area contributed by atoms with Gasteiger partial charge in [-0.3, -0.25) is 14.5 Å². The van der Waals surface area contributed by atoms with Crippen molar-refractivity contribution in [2.75, 3.05) is 44.0 Å². The van der Waals surface area contributed by atoms with Crippen molar-refractivity contribution in [3.05, 3.63) is 30.1 Å². The zero-order valence-electron chi connectivity index (χ0n) is 19.5. The zero-order valence-corrected chi connectivity index (χ0v) is 19.5. The lowest BCUT2D eigenvalue weighted by Crippen LogP contribution is -2.73. The first-order chi connectivity index (χ1) is 16.4. The number of anilines is 3. The number of ether oxygens (including phenoxy) is 1. The summed E-state index contributed by atoms with van der Waals surface area (Å²) < 4.78 is 5.70. The van der Waals surface area contributed by atoms with Gasteiger partial charge in [-0.15, -0.1) is 0 Å². The molecule has 3 saturated carbocycles. The number of likely N-dealkylation sites (N-methyl/N-ethyl adjacent to an activating group) is 1. The van der Waals surface area contributed by atoms with Crippen molar-refractivity contribution < 1.29 is 14.3 Å². The second-order valence-electron chi connectivity index (χ2n) is 10.3. The maximum atomic E-state index is 13.8. The van der Waals surface area contributed by atoms with Gasteiger partial charge in [0, 0.05) is 31.3 Å². The van der Waals surface area contributed by atoms with E-state index in [1.54, 1.807) is 12.4 Å². The number of aromatic nitrogens is 3. The maximum absolute atomic E-state index is 13.8. The summed E-state index contributed by atoms with van der Waals surface area (Å²) in [6, 6.07) is 3.67. The van der Waals surface area contributed by atoms with Crippen LogP contribution in [0.1, 0.15) is 31.2 Å². The molecule has 4 fully saturated rings. The smallest absolute Gasteiger partial charge is 0.244 e. The lowest BCUT2D eigenvalue weighted by molar-refractivity contribution is -0.144. The minimum atomic E-state index is -1.02. The van der Waals surface area contributed by atoms with Crippen molar-refractivity contribution in [3.8, 4) is 5.75 Å². The third-order valence-electron chi connectivity index (χ3n) is 7.69. The van der Waals surface area contributed by atoms with Crippen LogP contribution in [0.3, 0.4) is 0 Å². The molecule has 0 unspecified atom stereocenters. The number of nitrogens with one attached hydrogen (secondary N) is 2. The second kappa shape index (κ2) is 7.63. The lowest BCUT2D eigenvalue weighted by atomic mass is 9.48. The van der Waals surface area contributed by atoms with Crippen LogP contribution in [-0.2, 0) is 16.0 Å². The van der Waals surface area contributed by atoms with E-state index in [0.29, 0.717) is 55.2 Å². The van der Waals surface area contributed by atoms with Gasteiger partial charge in [0.25, 0.3) is 0 Å². The van der Waals surface area contributed by atoms with Crippen LogP contribution in [0.2, 0.25) is 0 Å². The van der Waals surface area contributed by atoms with Gasteiger partial charge >= 0.3 is 0 Å². The van der Waals surface area contributed by atoms with Crippen LogP contribution in [0, 0.1) is 11.3 Å². The third kappa shape index (κ3) is 3.23. The largest absolute Gasteiger partial charge is 0.491 e. The molecule has 4 heterocycles. The highest BCUT2D eigenvalue weighted by molar-refractivity contribution is 6.15. The molecular formula is C24H29N7O3. The molecule has 2 aliphatic heterocycles. The van der Waals surface area contributed by atoms with Gasteiger partial charge in [0.15, 0.2) is 0 Å². The first kappa shape index (κ1) is 21.3. The molecule has 10 heteroatoms. The Kier molecular flexibility index (Phi) is 4.77. The summed E-state index contributed by atoms with van der Waals surface area (Å²) in [5.74, 6) is 2.71. The Morgan fingerprint density at radius 1 is 1.21 bits per heavy atom. The Morgan fingerprint density at radius 2 is 2.03 bits per heavy atom.